The lowest BCUT2D eigenvalue weighted by atomic mass is 10.2. The summed E-state index contributed by atoms with van der Waals surface area (Å²) in [6.07, 6.45) is 1.11. The van der Waals surface area contributed by atoms with Crippen LogP contribution >= 0.6 is 11.3 Å². The van der Waals surface area contributed by atoms with Crippen LogP contribution in [0.3, 0.4) is 0 Å². The summed E-state index contributed by atoms with van der Waals surface area (Å²) in [4.78, 5) is 30.4. The summed E-state index contributed by atoms with van der Waals surface area (Å²) in [7, 11) is 3.16. The predicted octanol–water partition coefficient (Wildman–Crippen LogP) is 1.97. The van der Waals surface area contributed by atoms with E-state index >= 15 is 0 Å². The molecular weight excluding hydrogens is 266 g/mol. The van der Waals surface area contributed by atoms with E-state index in [4.69, 9.17) is 4.74 Å². The summed E-state index contributed by atoms with van der Waals surface area (Å²) < 4.78 is 5.17. The first-order chi connectivity index (χ1) is 8.70. The molecular formula is C12H19N3O3S. The number of hydrogen-bond donors (Lipinski definition) is 0. The van der Waals surface area contributed by atoms with Crippen LogP contribution in [0.25, 0.3) is 0 Å². The number of anilines is 1. The molecule has 0 aliphatic heterocycles. The monoisotopic (exact) mass is 285 g/mol. The zero-order chi connectivity index (χ0) is 14.6. The average molecular weight is 285 g/mol. The van der Waals surface area contributed by atoms with E-state index in [0.29, 0.717) is 5.13 Å². The third-order valence-corrected chi connectivity index (χ3v) is 3.01. The maximum Gasteiger partial charge on any atom is 0.410 e. The van der Waals surface area contributed by atoms with Crippen molar-refractivity contribution in [3.63, 3.8) is 0 Å². The highest BCUT2D eigenvalue weighted by atomic mass is 32.1. The summed E-state index contributed by atoms with van der Waals surface area (Å²) in [5.74, 6) is -0.219. The third kappa shape index (κ3) is 4.86. The van der Waals surface area contributed by atoms with Crippen LogP contribution in [0.2, 0.25) is 0 Å². The number of carbonyl (C=O) groups is 2. The fourth-order valence-electron chi connectivity index (χ4n) is 1.20. The Morgan fingerprint density at radius 3 is 2.47 bits per heavy atom. The van der Waals surface area contributed by atoms with Crippen LogP contribution in [-0.4, -0.2) is 48.1 Å². The maximum absolute atomic E-state index is 12.0. The molecule has 0 bridgehead atoms. The van der Waals surface area contributed by atoms with E-state index in [1.165, 1.54) is 28.2 Å². The van der Waals surface area contributed by atoms with Crippen molar-refractivity contribution < 1.29 is 14.3 Å². The van der Waals surface area contributed by atoms with Crippen molar-refractivity contribution in [3.8, 4) is 0 Å². The molecule has 0 fully saturated rings. The number of rotatable bonds is 3. The Labute approximate surface area is 117 Å². The second-order valence-corrected chi connectivity index (χ2v) is 5.98. The van der Waals surface area contributed by atoms with Crippen LogP contribution in [0.15, 0.2) is 11.6 Å². The highest BCUT2D eigenvalue weighted by Crippen LogP contribution is 2.16. The maximum atomic E-state index is 12.0. The molecule has 0 unspecified atom stereocenters. The Morgan fingerprint density at radius 1 is 1.37 bits per heavy atom. The number of likely N-dealkylation sites (N-methyl/N-ethyl adjacent to an activating group) is 2. The molecule has 0 N–H and O–H groups in total. The van der Waals surface area contributed by atoms with Gasteiger partial charge in [-0.05, 0) is 20.8 Å². The summed E-state index contributed by atoms with van der Waals surface area (Å²) in [5, 5.41) is 2.39. The SMILES string of the molecule is CN(CC(=O)N(C)c1nccs1)C(=O)OC(C)(C)C. The molecule has 0 radical (unpaired) electrons. The van der Waals surface area contributed by atoms with Gasteiger partial charge in [-0.2, -0.15) is 0 Å². The second kappa shape index (κ2) is 6.01. The lowest BCUT2D eigenvalue weighted by Gasteiger charge is -2.25. The largest absolute Gasteiger partial charge is 0.444 e. The van der Waals surface area contributed by atoms with Gasteiger partial charge < -0.3 is 9.64 Å². The molecule has 0 aromatic carbocycles. The van der Waals surface area contributed by atoms with Crippen LogP contribution in [0.5, 0.6) is 0 Å². The van der Waals surface area contributed by atoms with Crippen LogP contribution in [0.1, 0.15) is 20.8 Å². The fraction of sp³-hybridized carbons (Fsp3) is 0.583. The molecule has 0 saturated carbocycles. The van der Waals surface area contributed by atoms with Crippen LogP contribution < -0.4 is 4.90 Å². The first-order valence-corrected chi connectivity index (χ1v) is 6.69. The standard InChI is InChI=1S/C12H19N3O3S/c1-12(2,3)18-11(17)14(4)8-9(16)15(5)10-13-6-7-19-10/h6-7H,8H2,1-5H3. The van der Waals surface area contributed by atoms with Crippen LogP contribution in [-0.2, 0) is 9.53 Å². The molecule has 2 amide bonds. The van der Waals surface area contributed by atoms with Crippen molar-refractivity contribution in [3.05, 3.63) is 11.6 Å². The van der Waals surface area contributed by atoms with Gasteiger partial charge in [0.15, 0.2) is 5.13 Å². The van der Waals surface area contributed by atoms with Gasteiger partial charge in [0.05, 0.1) is 0 Å². The van der Waals surface area contributed by atoms with E-state index in [1.54, 1.807) is 39.4 Å². The highest BCUT2D eigenvalue weighted by molar-refractivity contribution is 7.13. The third-order valence-electron chi connectivity index (χ3n) is 2.16. The molecule has 19 heavy (non-hydrogen) atoms. The summed E-state index contributed by atoms with van der Waals surface area (Å²) in [6, 6.07) is 0. The number of nitrogens with zero attached hydrogens (tertiary/aromatic N) is 3. The molecule has 0 aliphatic carbocycles. The Hall–Kier alpha value is -1.63. The van der Waals surface area contributed by atoms with Crippen molar-refractivity contribution >= 4 is 28.5 Å². The summed E-state index contributed by atoms with van der Waals surface area (Å²) in [5.41, 5.74) is -0.574. The molecule has 0 aliphatic rings. The van der Waals surface area contributed by atoms with Gasteiger partial charge in [0.25, 0.3) is 0 Å². The minimum atomic E-state index is -0.574. The van der Waals surface area contributed by atoms with Crippen molar-refractivity contribution in [1.82, 2.24) is 9.88 Å². The van der Waals surface area contributed by atoms with Gasteiger partial charge in [-0.3, -0.25) is 9.69 Å². The van der Waals surface area contributed by atoms with Gasteiger partial charge in [0, 0.05) is 25.7 Å². The Morgan fingerprint density at radius 2 is 2.00 bits per heavy atom. The smallest absolute Gasteiger partial charge is 0.410 e. The van der Waals surface area contributed by atoms with Crippen LogP contribution in [0.4, 0.5) is 9.93 Å². The summed E-state index contributed by atoms with van der Waals surface area (Å²) in [6.45, 7) is 5.29. The molecule has 1 aromatic rings. The van der Waals surface area contributed by atoms with E-state index in [-0.39, 0.29) is 12.5 Å². The number of carbonyl (C=O) groups excluding carboxylic acids is 2. The van der Waals surface area contributed by atoms with Gasteiger partial charge in [0.2, 0.25) is 5.91 Å². The predicted molar refractivity (Wildman–Crippen MR) is 74.4 cm³/mol. The zero-order valence-corrected chi connectivity index (χ0v) is 12.7. The Balaban J connectivity index is 2.55. The average Bonchev–Trinajstić information content (AvgIpc) is 2.78. The first kappa shape index (κ1) is 15.4. The van der Waals surface area contributed by atoms with E-state index < -0.39 is 11.7 Å². The minimum Gasteiger partial charge on any atom is -0.444 e. The molecule has 7 heteroatoms. The van der Waals surface area contributed by atoms with Crippen molar-refractivity contribution in [2.24, 2.45) is 0 Å². The molecule has 1 rings (SSSR count). The number of aromatic nitrogens is 1. The van der Waals surface area contributed by atoms with Gasteiger partial charge in [-0.1, -0.05) is 0 Å². The molecule has 6 nitrogen and oxygen atoms in total. The normalized spacial score (nSPS) is 11.0. The lowest BCUT2D eigenvalue weighted by Crippen LogP contribution is -2.41. The van der Waals surface area contributed by atoms with E-state index in [9.17, 15) is 9.59 Å². The first-order valence-electron chi connectivity index (χ1n) is 5.81. The fourth-order valence-corrected chi connectivity index (χ4v) is 1.83. The summed E-state index contributed by atoms with van der Waals surface area (Å²) >= 11 is 1.36. The zero-order valence-electron chi connectivity index (χ0n) is 11.8. The van der Waals surface area contributed by atoms with Gasteiger partial charge in [-0.25, -0.2) is 9.78 Å². The van der Waals surface area contributed by atoms with Crippen molar-refractivity contribution in [2.45, 2.75) is 26.4 Å². The topological polar surface area (TPSA) is 62.7 Å². The minimum absolute atomic E-state index is 0.0506. The Kier molecular flexibility index (Phi) is 4.88. The quantitative estimate of drug-likeness (QED) is 0.852. The second-order valence-electron chi connectivity index (χ2n) is 5.10. The van der Waals surface area contributed by atoms with Crippen molar-refractivity contribution in [2.75, 3.05) is 25.5 Å². The number of thiazole rings is 1. The molecule has 1 heterocycles. The molecule has 0 spiro atoms. The van der Waals surface area contributed by atoms with Crippen molar-refractivity contribution in [1.29, 1.82) is 0 Å². The van der Waals surface area contributed by atoms with Gasteiger partial charge in [-0.15, -0.1) is 11.3 Å². The molecule has 1 aromatic heterocycles. The lowest BCUT2D eigenvalue weighted by molar-refractivity contribution is -0.119. The van der Waals surface area contributed by atoms with E-state index in [2.05, 4.69) is 4.98 Å². The van der Waals surface area contributed by atoms with Gasteiger partial charge >= 0.3 is 6.09 Å². The molecule has 0 atom stereocenters. The van der Waals surface area contributed by atoms with Gasteiger partial charge in [0.1, 0.15) is 12.1 Å². The van der Waals surface area contributed by atoms with Crippen LogP contribution in [0, 0.1) is 0 Å². The van der Waals surface area contributed by atoms with E-state index in [1.807, 2.05) is 0 Å². The Bertz CT molecular complexity index is 440. The molecule has 0 saturated heterocycles. The highest BCUT2D eigenvalue weighted by Gasteiger charge is 2.23. The molecule has 106 valence electrons. The number of amides is 2. The number of ether oxygens (including phenoxy) is 1. The number of hydrogen-bond acceptors (Lipinski definition) is 5. The van der Waals surface area contributed by atoms with E-state index in [0.717, 1.165) is 0 Å².